The highest BCUT2D eigenvalue weighted by Crippen LogP contribution is 2.32. The van der Waals surface area contributed by atoms with Gasteiger partial charge in [0.1, 0.15) is 17.6 Å². The Morgan fingerprint density at radius 2 is 2.22 bits per heavy atom. The maximum atomic E-state index is 5.99. The van der Waals surface area contributed by atoms with Crippen LogP contribution in [0, 0.1) is 0 Å². The van der Waals surface area contributed by atoms with Crippen molar-refractivity contribution in [3.8, 4) is 11.5 Å². The first-order valence-electron chi connectivity index (χ1n) is 6.62. The first-order chi connectivity index (χ1) is 8.85. The van der Waals surface area contributed by atoms with Crippen molar-refractivity contribution in [1.82, 2.24) is 10.2 Å². The first-order valence-corrected chi connectivity index (χ1v) is 6.62. The number of piperazine rings is 1. The molecule has 2 heterocycles. The second-order valence-corrected chi connectivity index (χ2v) is 4.97. The SMILES string of the molecule is COc1ccc2c(c1)CC(CN1CCNCC1)O2. The van der Waals surface area contributed by atoms with Gasteiger partial charge in [0.15, 0.2) is 0 Å². The van der Waals surface area contributed by atoms with E-state index in [9.17, 15) is 0 Å². The predicted molar refractivity (Wildman–Crippen MR) is 70.4 cm³/mol. The van der Waals surface area contributed by atoms with Gasteiger partial charge in [-0.2, -0.15) is 0 Å². The summed E-state index contributed by atoms with van der Waals surface area (Å²) in [6.07, 6.45) is 1.29. The quantitative estimate of drug-likeness (QED) is 0.862. The number of ether oxygens (including phenoxy) is 2. The van der Waals surface area contributed by atoms with E-state index in [1.165, 1.54) is 5.56 Å². The van der Waals surface area contributed by atoms with Crippen LogP contribution >= 0.6 is 0 Å². The molecular weight excluding hydrogens is 228 g/mol. The molecule has 2 aliphatic heterocycles. The van der Waals surface area contributed by atoms with Gasteiger partial charge in [-0.1, -0.05) is 0 Å². The summed E-state index contributed by atoms with van der Waals surface area (Å²) in [4.78, 5) is 2.48. The number of rotatable bonds is 3. The molecule has 4 heteroatoms. The van der Waals surface area contributed by atoms with Crippen molar-refractivity contribution in [3.63, 3.8) is 0 Å². The Morgan fingerprint density at radius 1 is 1.39 bits per heavy atom. The van der Waals surface area contributed by atoms with Gasteiger partial charge < -0.3 is 14.8 Å². The zero-order valence-electron chi connectivity index (χ0n) is 10.8. The lowest BCUT2D eigenvalue weighted by Gasteiger charge is -2.29. The molecule has 2 aliphatic rings. The molecule has 0 radical (unpaired) electrons. The normalized spacial score (nSPS) is 23.5. The topological polar surface area (TPSA) is 33.7 Å². The molecule has 0 aliphatic carbocycles. The summed E-state index contributed by atoms with van der Waals surface area (Å²) in [5.41, 5.74) is 1.27. The average Bonchev–Trinajstić information content (AvgIpc) is 2.80. The lowest BCUT2D eigenvalue weighted by molar-refractivity contribution is 0.139. The van der Waals surface area contributed by atoms with E-state index in [2.05, 4.69) is 16.3 Å². The van der Waals surface area contributed by atoms with Gasteiger partial charge in [-0.05, 0) is 18.2 Å². The van der Waals surface area contributed by atoms with E-state index in [4.69, 9.17) is 9.47 Å². The fourth-order valence-electron chi connectivity index (χ4n) is 2.71. The number of fused-ring (bicyclic) bond motifs is 1. The largest absolute Gasteiger partial charge is 0.497 e. The van der Waals surface area contributed by atoms with Crippen molar-refractivity contribution >= 4 is 0 Å². The fourth-order valence-corrected chi connectivity index (χ4v) is 2.71. The minimum Gasteiger partial charge on any atom is -0.497 e. The Bertz CT molecular complexity index is 416. The highest BCUT2D eigenvalue weighted by Gasteiger charge is 2.25. The van der Waals surface area contributed by atoms with E-state index in [-0.39, 0.29) is 0 Å². The van der Waals surface area contributed by atoms with Crippen LogP contribution in [-0.4, -0.2) is 50.8 Å². The van der Waals surface area contributed by atoms with Gasteiger partial charge in [-0.25, -0.2) is 0 Å². The van der Waals surface area contributed by atoms with Gasteiger partial charge in [0.05, 0.1) is 7.11 Å². The Morgan fingerprint density at radius 3 is 3.00 bits per heavy atom. The summed E-state index contributed by atoms with van der Waals surface area (Å²) in [5, 5.41) is 3.37. The minimum atomic E-state index is 0.296. The summed E-state index contributed by atoms with van der Waals surface area (Å²) in [7, 11) is 1.70. The summed E-state index contributed by atoms with van der Waals surface area (Å²) in [5.74, 6) is 1.94. The van der Waals surface area contributed by atoms with Gasteiger partial charge in [-0.15, -0.1) is 0 Å². The van der Waals surface area contributed by atoms with Gasteiger partial charge in [0.25, 0.3) is 0 Å². The maximum Gasteiger partial charge on any atom is 0.123 e. The van der Waals surface area contributed by atoms with E-state index in [1.54, 1.807) is 7.11 Å². The van der Waals surface area contributed by atoms with Crippen molar-refractivity contribution in [2.75, 3.05) is 39.8 Å². The fraction of sp³-hybridized carbons (Fsp3) is 0.571. The van der Waals surface area contributed by atoms with Crippen molar-refractivity contribution in [1.29, 1.82) is 0 Å². The zero-order valence-corrected chi connectivity index (χ0v) is 10.8. The van der Waals surface area contributed by atoms with Gasteiger partial charge in [0.2, 0.25) is 0 Å². The summed E-state index contributed by atoms with van der Waals surface area (Å²) >= 11 is 0. The monoisotopic (exact) mass is 248 g/mol. The summed E-state index contributed by atoms with van der Waals surface area (Å²) in [6, 6.07) is 6.07. The Kier molecular flexibility index (Phi) is 3.39. The molecule has 1 unspecified atom stereocenters. The standard InChI is InChI=1S/C14H20N2O2/c1-17-12-2-3-14-11(8-12)9-13(18-14)10-16-6-4-15-5-7-16/h2-3,8,13,15H,4-7,9-10H2,1H3. The molecule has 1 aromatic rings. The van der Waals surface area contributed by atoms with Crippen LogP contribution in [0.1, 0.15) is 5.56 Å². The molecule has 1 saturated heterocycles. The van der Waals surface area contributed by atoms with Crippen LogP contribution in [-0.2, 0) is 6.42 Å². The lowest BCUT2D eigenvalue weighted by atomic mass is 10.1. The molecule has 0 amide bonds. The Hall–Kier alpha value is -1.26. The van der Waals surface area contributed by atoms with Crippen LogP contribution in [0.15, 0.2) is 18.2 Å². The average molecular weight is 248 g/mol. The van der Waals surface area contributed by atoms with Crippen LogP contribution < -0.4 is 14.8 Å². The van der Waals surface area contributed by atoms with Crippen LogP contribution in [0.5, 0.6) is 11.5 Å². The third-order valence-corrected chi connectivity index (χ3v) is 3.68. The van der Waals surface area contributed by atoms with Crippen LogP contribution in [0.25, 0.3) is 0 Å². The molecule has 0 aromatic heterocycles. The molecule has 0 spiro atoms. The smallest absolute Gasteiger partial charge is 0.123 e. The van der Waals surface area contributed by atoms with Crippen molar-refractivity contribution < 1.29 is 9.47 Å². The molecule has 0 saturated carbocycles. The van der Waals surface area contributed by atoms with E-state index in [0.29, 0.717) is 6.10 Å². The summed E-state index contributed by atoms with van der Waals surface area (Å²) < 4.78 is 11.2. The Labute approximate surface area is 108 Å². The van der Waals surface area contributed by atoms with E-state index in [0.717, 1.165) is 50.6 Å². The van der Waals surface area contributed by atoms with Crippen LogP contribution in [0.3, 0.4) is 0 Å². The molecule has 98 valence electrons. The molecule has 1 N–H and O–H groups in total. The molecule has 4 nitrogen and oxygen atoms in total. The third kappa shape index (κ3) is 2.44. The van der Waals surface area contributed by atoms with Crippen molar-refractivity contribution in [2.24, 2.45) is 0 Å². The van der Waals surface area contributed by atoms with Gasteiger partial charge in [0, 0.05) is 44.7 Å². The molecule has 1 atom stereocenters. The van der Waals surface area contributed by atoms with Gasteiger partial charge >= 0.3 is 0 Å². The zero-order chi connectivity index (χ0) is 12.4. The third-order valence-electron chi connectivity index (χ3n) is 3.68. The second kappa shape index (κ2) is 5.16. The number of hydrogen-bond acceptors (Lipinski definition) is 4. The molecule has 18 heavy (non-hydrogen) atoms. The summed E-state index contributed by atoms with van der Waals surface area (Å²) in [6.45, 7) is 5.46. The van der Waals surface area contributed by atoms with Crippen molar-refractivity contribution in [3.05, 3.63) is 23.8 Å². The molecular formula is C14H20N2O2. The number of nitrogens with one attached hydrogen (secondary N) is 1. The minimum absolute atomic E-state index is 0.296. The van der Waals surface area contributed by atoms with Crippen LogP contribution in [0.4, 0.5) is 0 Å². The van der Waals surface area contributed by atoms with Gasteiger partial charge in [-0.3, -0.25) is 4.90 Å². The highest BCUT2D eigenvalue weighted by molar-refractivity contribution is 5.43. The van der Waals surface area contributed by atoms with Crippen LogP contribution in [0.2, 0.25) is 0 Å². The molecule has 1 aromatic carbocycles. The van der Waals surface area contributed by atoms with E-state index < -0.39 is 0 Å². The second-order valence-electron chi connectivity index (χ2n) is 4.97. The maximum absolute atomic E-state index is 5.99. The molecule has 3 rings (SSSR count). The molecule has 1 fully saturated rings. The highest BCUT2D eigenvalue weighted by atomic mass is 16.5. The number of benzene rings is 1. The number of hydrogen-bond donors (Lipinski definition) is 1. The predicted octanol–water partition coefficient (Wildman–Crippen LogP) is 0.904. The van der Waals surface area contributed by atoms with Crippen molar-refractivity contribution in [2.45, 2.75) is 12.5 Å². The number of nitrogens with zero attached hydrogens (tertiary/aromatic N) is 1. The number of methoxy groups -OCH3 is 1. The van der Waals surface area contributed by atoms with E-state index >= 15 is 0 Å². The molecule has 0 bridgehead atoms. The first kappa shape index (κ1) is 11.8. The van der Waals surface area contributed by atoms with E-state index in [1.807, 2.05) is 12.1 Å². The lowest BCUT2D eigenvalue weighted by Crippen LogP contribution is -2.47. The Balaban J connectivity index is 1.61.